The van der Waals surface area contributed by atoms with Gasteiger partial charge in [0.25, 0.3) is 11.6 Å². The molecule has 2 heterocycles. The van der Waals surface area contributed by atoms with Gasteiger partial charge in [-0.25, -0.2) is 0 Å². The first-order valence-corrected chi connectivity index (χ1v) is 8.52. The van der Waals surface area contributed by atoms with Crippen LogP contribution in [0.2, 0.25) is 0 Å². The van der Waals surface area contributed by atoms with Crippen molar-refractivity contribution < 1.29 is 14.5 Å². The molecule has 0 radical (unpaired) electrons. The van der Waals surface area contributed by atoms with E-state index in [9.17, 15) is 14.9 Å². The number of nitro benzene ring substituents is 1. The zero-order chi connectivity index (χ0) is 18.5. The molecule has 3 rings (SSSR count). The van der Waals surface area contributed by atoms with Crippen molar-refractivity contribution in [3.05, 3.63) is 64.0 Å². The molecule has 0 spiro atoms. The first-order chi connectivity index (χ1) is 12.6. The van der Waals surface area contributed by atoms with Crippen LogP contribution in [0, 0.1) is 10.1 Å². The topological polar surface area (TPSA) is 89.6 Å². The number of nitrogens with one attached hydrogen (secondary N) is 1. The maximum absolute atomic E-state index is 12.5. The van der Waals surface area contributed by atoms with Gasteiger partial charge in [0.1, 0.15) is 5.56 Å². The number of ether oxygens (including phenoxy) is 1. The van der Waals surface area contributed by atoms with Gasteiger partial charge in [0.05, 0.1) is 24.2 Å². The number of nitrogens with zero attached hydrogens (tertiary/aromatic N) is 3. The summed E-state index contributed by atoms with van der Waals surface area (Å²) in [4.78, 5) is 25.4. The van der Waals surface area contributed by atoms with Gasteiger partial charge in [0, 0.05) is 44.6 Å². The van der Waals surface area contributed by atoms with E-state index in [0.29, 0.717) is 19.8 Å². The van der Waals surface area contributed by atoms with Crippen LogP contribution in [0.5, 0.6) is 0 Å². The van der Waals surface area contributed by atoms with E-state index in [0.717, 1.165) is 18.8 Å². The zero-order valence-corrected chi connectivity index (χ0v) is 14.6. The van der Waals surface area contributed by atoms with Crippen LogP contribution in [0.3, 0.4) is 0 Å². The first kappa shape index (κ1) is 18.1. The average Bonchev–Trinajstić information content (AvgIpc) is 3.08. The maximum atomic E-state index is 12.5. The highest BCUT2D eigenvalue weighted by molar-refractivity contribution is 5.98. The molecule has 1 unspecified atom stereocenters. The number of benzene rings is 1. The first-order valence-electron chi connectivity index (χ1n) is 8.52. The lowest BCUT2D eigenvalue weighted by Gasteiger charge is -2.34. The summed E-state index contributed by atoms with van der Waals surface area (Å²) in [5.41, 5.74) is 0.964. The Morgan fingerprint density at radius 3 is 2.65 bits per heavy atom. The van der Waals surface area contributed by atoms with Crippen LogP contribution in [-0.2, 0) is 11.8 Å². The Morgan fingerprint density at radius 1 is 1.27 bits per heavy atom. The lowest BCUT2D eigenvalue weighted by atomic mass is 10.1. The number of rotatable bonds is 6. The standard InChI is InChI=1S/C18H22N4O4/c1-20-8-4-7-16(20)17(21-9-11-26-12-10-21)13-19-18(23)14-5-2-3-6-15(14)22(24)25/h2-8,17H,9-13H2,1H3,(H,19,23). The highest BCUT2D eigenvalue weighted by atomic mass is 16.6. The zero-order valence-electron chi connectivity index (χ0n) is 14.6. The van der Waals surface area contributed by atoms with Crippen LogP contribution in [0.15, 0.2) is 42.6 Å². The molecule has 0 saturated carbocycles. The average molecular weight is 358 g/mol. The Kier molecular flexibility index (Phi) is 5.65. The molecule has 0 aliphatic carbocycles. The van der Waals surface area contributed by atoms with Gasteiger partial charge in [-0.05, 0) is 18.2 Å². The molecule has 1 fully saturated rings. The summed E-state index contributed by atoms with van der Waals surface area (Å²) in [6.07, 6.45) is 1.96. The predicted molar refractivity (Wildman–Crippen MR) is 96.0 cm³/mol. The van der Waals surface area contributed by atoms with Gasteiger partial charge >= 0.3 is 0 Å². The van der Waals surface area contributed by atoms with Gasteiger partial charge in [-0.2, -0.15) is 0 Å². The molecule has 2 aromatic rings. The number of hydrogen-bond acceptors (Lipinski definition) is 5. The van der Waals surface area contributed by atoms with Crippen LogP contribution in [0.4, 0.5) is 5.69 Å². The molecule has 0 bridgehead atoms. The minimum Gasteiger partial charge on any atom is -0.379 e. The van der Waals surface area contributed by atoms with Gasteiger partial charge in [-0.3, -0.25) is 19.8 Å². The van der Waals surface area contributed by atoms with E-state index in [4.69, 9.17) is 4.74 Å². The van der Waals surface area contributed by atoms with Crippen LogP contribution in [0.1, 0.15) is 22.1 Å². The lowest BCUT2D eigenvalue weighted by molar-refractivity contribution is -0.385. The number of nitro groups is 1. The Morgan fingerprint density at radius 2 is 2.00 bits per heavy atom. The summed E-state index contributed by atoms with van der Waals surface area (Å²) in [5, 5.41) is 14.0. The fourth-order valence-electron chi connectivity index (χ4n) is 3.24. The van der Waals surface area contributed by atoms with Crippen molar-refractivity contribution >= 4 is 11.6 Å². The third kappa shape index (κ3) is 3.92. The summed E-state index contributed by atoms with van der Waals surface area (Å²) in [6.45, 7) is 3.22. The summed E-state index contributed by atoms with van der Waals surface area (Å²) in [6, 6.07) is 9.95. The van der Waals surface area contributed by atoms with Crippen molar-refractivity contribution in [1.29, 1.82) is 0 Å². The van der Waals surface area contributed by atoms with Crippen LogP contribution >= 0.6 is 0 Å². The smallest absolute Gasteiger partial charge is 0.282 e. The number of morpholine rings is 1. The lowest BCUT2D eigenvalue weighted by Crippen LogP contribution is -2.44. The highest BCUT2D eigenvalue weighted by Crippen LogP contribution is 2.22. The fraction of sp³-hybridized carbons (Fsp3) is 0.389. The quantitative estimate of drug-likeness (QED) is 0.627. The molecule has 1 amide bonds. The number of aromatic nitrogens is 1. The second-order valence-corrected chi connectivity index (χ2v) is 6.19. The molecule has 8 heteroatoms. The normalized spacial score (nSPS) is 16.2. The summed E-state index contributed by atoms with van der Waals surface area (Å²) < 4.78 is 7.45. The molecule has 1 atom stereocenters. The monoisotopic (exact) mass is 358 g/mol. The Hall–Kier alpha value is -2.71. The Labute approximate surface area is 151 Å². The second kappa shape index (κ2) is 8.11. The summed E-state index contributed by atoms with van der Waals surface area (Å²) in [5.74, 6) is -0.440. The van der Waals surface area contributed by atoms with Crippen LogP contribution < -0.4 is 5.32 Å². The number of aryl methyl sites for hydroxylation is 1. The van der Waals surface area contributed by atoms with Gasteiger partial charge < -0.3 is 14.6 Å². The van der Waals surface area contributed by atoms with Crippen molar-refractivity contribution in [2.75, 3.05) is 32.8 Å². The molecular formula is C18H22N4O4. The third-order valence-electron chi connectivity index (χ3n) is 4.61. The minimum atomic E-state index is -0.536. The van der Waals surface area contributed by atoms with E-state index < -0.39 is 10.8 Å². The van der Waals surface area contributed by atoms with E-state index >= 15 is 0 Å². The van der Waals surface area contributed by atoms with E-state index in [1.807, 2.05) is 29.9 Å². The molecule has 1 aromatic heterocycles. The molecule has 1 aliphatic heterocycles. The summed E-state index contributed by atoms with van der Waals surface area (Å²) >= 11 is 0. The van der Waals surface area contributed by atoms with Crippen LogP contribution in [-0.4, -0.2) is 53.1 Å². The van der Waals surface area contributed by atoms with Gasteiger partial charge in [-0.1, -0.05) is 12.1 Å². The van der Waals surface area contributed by atoms with E-state index in [2.05, 4.69) is 10.2 Å². The van der Waals surface area contributed by atoms with E-state index in [-0.39, 0.29) is 17.3 Å². The number of para-hydroxylation sites is 1. The second-order valence-electron chi connectivity index (χ2n) is 6.19. The molecule has 8 nitrogen and oxygen atoms in total. The van der Waals surface area contributed by atoms with E-state index in [1.54, 1.807) is 12.1 Å². The van der Waals surface area contributed by atoms with Crippen LogP contribution in [0.25, 0.3) is 0 Å². The van der Waals surface area contributed by atoms with Crippen molar-refractivity contribution in [2.24, 2.45) is 7.05 Å². The number of carbonyl (C=O) groups excluding carboxylic acids is 1. The number of amides is 1. The third-order valence-corrected chi connectivity index (χ3v) is 4.61. The molecule has 1 N–H and O–H groups in total. The molecule has 1 aliphatic rings. The molecule has 26 heavy (non-hydrogen) atoms. The maximum Gasteiger partial charge on any atom is 0.282 e. The highest BCUT2D eigenvalue weighted by Gasteiger charge is 2.26. The van der Waals surface area contributed by atoms with Gasteiger partial charge in [-0.15, -0.1) is 0 Å². The molecule has 138 valence electrons. The number of hydrogen-bond donors (Lipinski definition) is 1. The molecular weight excluding hydrogens is 336 g/mol. The van der Waals surface area contributed by atoms with Crippen molar-refractivity contribution in [3.63, 3.8) is 0 Å². The fourth-order valence-corrected chi connectivity index (χ4v) is 3.24. The van der Waals surface area contributed by atoms with E-state index in [1.165, 1.54) is 12.1 Å². The SMILES string of the molecule is Cn1cccc1C(CNC(=O)c1ccccc1[N+](=O)[O-])N1CCOCC1. The summed E-state index contributed by atoms with van der Waals surface area (Å²) in [7, 11) is 1.96. The Bertz CT molecular complexity index is 783. The van der Waals surface area contributed by atoms with Crippen molar-refractivity contribution in [1.82, 2.24) is 14.8 Å². The minimum absolute atomic E-state index is 0.0226. The molecule has 1 saturated heterocycles. The number of carbonyl (C=O) groups is 1. The van der Waals surface area contributed by atoms with Gasteiger partial charge in [0.15, 0.2) is 0 Å². The van der Waals surface area contributed by atoms with Crippen molar-refractivity contribution in [3.8, 4) is 0 Å². The largest absolute Gasteiger partial charge is 0.379 e. The predicted octanol–water partition coefficient (Wildman–Crippen LogP) is 1.74. The Balaban J connectivity index is 1.77. The molecule has 1 aromatic carbocycles. The van der Waals surface area contributed by atoms with Gasteiger partial charge in [0.2, 0.25) is 0 Å². The van der Waals surface area contributed by atoms with Crippen molar-refractivity contribution in [2.45, 2.75) is 6.04 Å².